The molecule has 2 unspecified atom stereocenters. The van der Waals surface area contributed by atoms with Crippen molar-refractivity contribution in [3.05, 3.63) is 0 Å². The molecule has 3 nitrogen and oxygen atoms in total. The maximum Gasteiger partial charge on any atom is 0.428 e. The van der Waals surface area contributed by atoms with Crippen LogP contribution in [0, 0.1) is 0 Å². The van der Waals surface area contributed by atoms with Gasteiger partial charge in [-0.2, -0.15) is 43.9 Å². The van der Waals surface area contributed by atoms with E-state index in [1.54, 1.807) is 0 Å². The van der Waals surface area contributed by atoms with Crippen molar-refractivity contribution >= 4 is 0 Å². The van der Waals surface area contributed by atoms with Crippen LogP contribution in [0.1, 0.15) is 6.92 Å². The van der Waals surface area contributed by atoms with Gasteiger partial charge >= 0.3 is 30.2 Å². The first-order valence-corrected chi connectivity index (χ1v) is 5.63. The fourth-order valence-corrected chi connectivity index (χ4v) is 0.948. The van der Waals surface area contributed by atoms with Crippen molar-refractivity contribution in [3.63, 3.8) is 0 Å². The Hall–Kier alpha value is -1.10. The van der Waals surface area contributed by atoms with Crippen LogP contribution < -0.4 is 0 Å². The van der Waals surface area contributed by atoms with Crippen LogP contribution in [0.2, 0.25) is 0 Å². The maximum atomic E-state index is 13.0. The molecule has 0 spiro atoms. The molecule has 0 bridgehead atoms. The highest BCUT2D eigenvalue weighted by atomic mass is 19.4. The normalized spacial score (nSPS) is 18.0. The summed E-state index contributed by atoms with van der Waals surface area (Å²) < 4.78 is 180. The number of alkyl halides is 14. The van der Waals surface area contributed by atoms with Gasteiger partial charge < -0.3 is 5.11 Å². The zero-order chi connectivity index (χ0) is 21.6. The van der Waals surface area contributed by atoms with E-state index in [0.717, 1.165) is 0 Å². The minimum absolute atomic E-state index is 0.543. The van der Waals surface area contributed by atoms with Gasteiger partial charge in [-0.25, -0.2) is 17.6 Å². The molecule has 158 valence electrons. The lowest BCUT2D eigenvalue weighted by Gasteiger charge is -2.36. The number of aliphatic hydroxyl groups is 1. The Bertz CT molecular complexity index is 437. The zero-order valence-electron chi connectivity index (χ0n) is 11.7. The van der Waals surface area contributed by atoms with Crippen molar-refractivity contribution < 1.29 is 76.0 Å². The Morgan fingerprint density at radius 2 is 0.885 bits per heavy atom. The van der Waals surface area contributed by atoms with E-state index in [0.29, 0.717) is 0 Å². The molecule has 0 aliphatic rings. The van der Waals surface area contributed by atoms with E-state index < -0.39 is 55.7 Å². The van der Waals surface area contributed by atoms with Gasteiger partial charge in [-0.15, -0.1) is 0 Å². The predicted octanol–water partition coefficient (Wildman–Crippen LogP) is 4.31. The topological polar surface area (TPSA) is 38.7 Å². The molecule has 0 fully saturated rings. The highest BCUT2D eigenvalue weighted by molar-refractivity contribution is 4.98. The van der Waals surface area contributed by atoms with Crippen molar-refractivity contribution in [1.29, 1.82) is 0 Å². The summed E-state index contributed by atoms with van der Waals surface area (Å²) in [6.45, 7) is -0.543. The standard InChI is InChI=1S/C9H6F14O3/c1-4(12,13)2(10)25-8(20,21)6(16,17)7(18,19)9(22,23)26-3(11)5(14,15)24/h2-3,24H,1H3. The summed E-state index contributed by atoms with van der Waals surface area (Å²) in [5, 5.41) is 7.58. The first-order chi connectivity index (χ1) is 11.0. The Morgan fingerprint density at radius 1 is 0.615 bits per heavy atom. The van der Waals surface area contributed by atoms with Crippen LogP contribution in [0.4, 0.5) is 61.5 Å². The van der Waals surface area contributed by atoms with Crippen LogP contribution in [0.25, 0.3) is 0 Å². The Morgan fingerprint density at radius 3 is 1.12 bits per heavy atom. The van der Waals surface area contributed by atoms with Crippen molar-refractivity contribution in [2.75, 3.05) is 0 Å². The average Bonchev–Trinajstić information content (AvgIpc) is 2.34. The van der Waals surface area contributed by atoms with Crippen LogP contribution in [-0.4, -0.2) is 53.9 Å². The zero-order valence-corrected chi connectivity index (χ0v) is 11.7. The monoisotopic (exact) mass is 428 g/mol. The Kier molecular flexibility index (Phi) is 6.52. The summed E-state index contributed by atoms with van der Waals surface area (Å²) in [7, 11) is 0. The molecule has 0 radical (unpaired) electrons. The van der Waals surface area contributed by atoms with E-state index >= 15 is 0 Å². The molecule has 1 N–H and O–H groups in total. The molecular weight excluding hydrogens is 422 g/mol. The molecule has 0 amide bonds. The van der Waals surface area contributed by atoms with Gasteiger partial charge in [0, 0.05) is 6.92 Å². The van der Waals surface area contributed by atoms with E-state index in [4.69, 9.17) is 5.11 Å². The highest BCUT2D eigenvalue weighted by Crippen LogP contribution is 2.54. The van der Waals surface area contributed by atoms with Gasteiger partial charge in [0.25, 0.3) is 18.6 Å². The predicted molar refractivity (Wildman–Crippen MR) is 49.5 cm³/mol. The van der Waals surface area contributed by atoms with Crippen LogP contribution in [-0.2, 0) is 9.47 Å². The smallest absolute Gasteiger partial charge is 0.332 e. The average molecular weight is 428 g/mol. The Balaban J connectivity index is 5.77. The van der Waals surface area contributed by atoms with Gasteiger partial charge in [-0.3, -0.25) is 9.47 Å². The SMILES string of the molecule is CC(F)(F)C(F)OC(F)(F)C(F)(F)C(F)(F)C(F)(F)OC(F)C(O)(F)F. The number of hydrogen-bond acceptors (Lipinski definition) is 3. The third kappa shape index (κ3) is 4.79. The molecule has 26 heavy (non-hydrogen) atoms. The van der Waals surface area contributed by atoms with Crippen LogP contribution in [0.15, 0.2) is 0 Å². The molecule has 17 heteroatoms. The summed E-state index contributed by atoms with van der Waals surface area (Å²) in [6.07, 6.45) is -30.0. The molecule has 0 aromatic rings. The molecule has 0 aromatic heterocycles. The molecule has 0 heterocycles. The van der Waals surface area contributed by atoms with Crippen molar-refractivity contribution in [1.82, 2.24) is 0 Å². The number of ether oxygens (including phenoxy) is 2. The quantitative estimate of drug-likeness (QED) is 0.557. The molecular formula is C9H6F14O3. The highest BCUT2D eigenvalue weighted by Gasteiger charge is 2.84. The summed E-state index contributed by atoms with van der Waals surface area (Å²) in [5.74, 6) is -20.2. The van der Waals surface area contributed by atoms with Gasteiger partial charge in [0.15, 0.2) is 0 Å². The van der Waals surface area contributed by atoms with Gasteiger partial charge in [-0.1, -0.05) is 0 Å². The van der Waals surface area contributed by atoms with E-state index in [-0.39, 0.29) is 0 Å². The summed E-state index contributed by atoms with van der Waals surface area (Å²) in [4.78, 5) is 0. The van der Waals surface area contributed by atoms with Gasteiger partial charge in [0.1, 0.15) is 0 Å². The fourth-order valence-electron chi connectivity index (χ4n) is 0.948. The van der Waals surface area contributed by atoms with Crippen molar-refractivity contribution in [2.45, 2.75) is 55.7 Å². The summed E-state index contributed by atoms with van der Waals surface area (Å²) in [5.41, 5.74) is 0. The number of hydrogen-bond donors (Lipinski definition) is 1. The van der Waals surface area contributed by atoms with Crippen LogP contribution in [0.3, 0.4) is 0 Å². The molecule has 0 aliphatic carbocycles. The molecule has 0 saturated heterocycles. The second kappa shape index (κ2) is 6.81. The lowest BCUT2D eigenvalue weighted by molar-refractivity contribution is -0.493. The minimum atomic E-state index is -7.62. The van der Waals surface area contributed by atoms with Crippen molar-refractivity contribution in [3.8, 4) is 0 Å². The lowest BCUT2D eigenvalue weighted by Crippen LogP contribution is -2.65. The lowest BCUT2D eigenvalue weighted by atomic mass is 10.1. The summed E-state index contributed by atoms with van der Waals surface area (Å²) in [6, 6.07) is 0. The Labute approximate surface area is 133 Å². The van der Waals surface area contributed by atoms with Gasteiger partial charge in [-0.05, 0) is 0 Å². The maximum absolute atomic E-state index is 13.0. The number of rotatable bonds is 9. The third-order valence-corrected chi connectivity index (χ3v) is 2.30. The fraction of sp³-hybridized carbons (Fsp3) is 1.00. The second-order valence-electron chi connectivity index (χ2n) is 4.59. The van der Waals surface area contributed by atoms with Gasteiger partial charge in [0.2, 0.25) is 0 Å². The third-order valence-electron chi connectivity index (χ3n) is 2.30. The second-order valence-corrected chi connectivity index (χ2v) is 4.59. The van der Waals surface area contributed by atoms with E-state index in [2.05, 4.69) is 4.74 Å². The molecule has 0 aliphatic heterocycles. The molecule has 0 saturated carbocycles. The van der Waals surface area contributed by atoms with E-state index in [1.807, 2.05) is 4.74 Å². The first-order valence-electron chi connectivity index (χ1n) is 5.63. The molecule has 0 rings (SSSR count). The van der Waals surface area contributed by atoms with E-state index in [1.165, 1.54) is 0 Å². The molecule has 0 aromatic carbocycles. The number of halogens is 14. The van der Waals surface area contributed by atoms with Crippen LogP contribution in [0.5, 0.6) is 0 Å². The van der Waals surface area contributed by atoms with Crippen molar-refractivity contribution in [2.24, 2.45) is 0 Å². The molecule has 2 atom stereocenters. The summed E-state index contributed by atoms with van der Waals surface area (Å²) >= 11 is 0. The first kappa shape index (κ1) is 24.9. The van der Waals surface area contributed by atoms with Gasteiger partial charge in [0.05, 0.1) is 0 Å². The minimum Gasteiger partial charge on any atom is -0.332 e. The van der Waals surface area contributed by atoms with Crippen LogP contribution >= 0.6 is 0 Å². The largest absolute Gasteiger partial charge is 0.428 e. The van der Waals surface area contributed by atoms with E-state index in [9.17, 15) is 61.5 Å².